The van der Waals surface area contributed by atoms with Crippen molar-refractivity contribution in [2.45, 2.75) is 6.54 Å². The number of carbonyl (C=O) groups is 2. The third kappa shape index (κ3) is 3.42. The lowest BCUT2D eigenvalue weighted by molar-refractivity contribution is 0.0691. The van der Waals surface area contributed by atoms with Gasteiger partial charge in [-0.3, -0.25) is 4.79 Å². The molecule has 2 aromatic rings. The van der Waals surface area contributed by atoms with Crippen LogP contribution in [0.5, 0.6) is 0 Å². The van der Waals surface area contributed by atoms with Gasteiger partial charge in [0.05, 0.1) is 11.1 Å². The summed E-state index contributed by atoms with van der Waals surface area (Å²) in [5.74, 6) is -3.18. The van der Waals surface area contributed by atoms with E-state index in [1.54, 1.807) is 0 Å². The van der Waals surface area contributed by atoms with Crippen molar-refractivity contribution in [3.63, 3.8) is 0 Å². The van der Waals surface area contributed by atoms with Crippen molar-refractivity contribution >= 4 is 11.9 Å². The normalized spacial score (nSPS) is 10.2. The van der Waals surface area contributed by atoms with Crippen LogP contribution in [0, 0.1) is 11.6 Å². The average molecular weight is 291 g/mol. The number of carboxylic acid groups (broad SMARTS) is 1. The number of nitrogens with one attached hydrogen (secondary N) is 1. The molecule has 6 heteroatoms. The van der Waals surface area contributed by atoms with Crippen molar-refractivity contribution in [2.24, 2.45) is 0 Å². The molecule has 0 saturated carbocycles. The summed E-state index contributed by atoms with van der Waals surface area (Å²) in [5, 5.41) is 11.4. The van der Waals surface area contributed by atoms with Crippen LogP contribution < -0.4 is 5.32 Å². The quantitative estimate of drug-likeness (QED) is 0.910. The van der Waals surface area contributed by atoms with Gasteiger partial charge in [0.1, 0.15) is 11.6 Å². The monoisotopic (exact) mass is 291 g/mol. The van der Waals surface area contributed by atoms with E-state index < -0.39 is 23.5 Å². The first kappa shape index (κ1) is 14.6. The molecule has 4 nitrogen and oxygen atoms in total. The highest BCUT2D eigenvalue weighted by Gasteiger charge is 2.16. The number of hydrogen-bond donors (Lipinski definition) is 2. The van der Waals surface area contributed by atoms with Gasteiger partial charge in [-0.25, -0.2) is 13.6 Å². The molecule has 1 amide bonds. The Balaban J connectivity index is 2.16. The van der Waals surface area contributed by atoms with E-state index in [1.165, 1.54) is 24.3 Å². The molecule has 0 bridgehead atoms. The molecule has 0 unspecified atom stereocenters. The Labute approximate surface area is 119 Å². The fourth-order valence-corrected chi connectivity index (χ4v) is 1.82. The summed E-state index contributed by atoms with van der Waals surface area (Å²) in [5.41, 5.74) is -0.215. The highest BCUT2D eigenvalue weighted by molar-refractivity contribution is 6.04. The zero-order chi connectivity index (χ0) is 15.4. The van der Waals surface area contributed by atoms with Gasteiger partial charge in [-0.2, -0.15) is 0 Å². The molecule has 0 aliphatic heterocycles. The van der Waals surface area contributed by atoms with Crippen LogP contribution in [0.4, 0.5) is 8.78 Å². The molecule has 0 atom stereocenters. The summed E-state index contributed by atoms with van der Waals surface area (Å²) in [6.45, 7) is -0.240. The molecule has 0 heterocycles. The maximum atomic E-state index is 13.4. The highest BCUT2D eigenvalue weighted by atomic mass is 19.1. The van der Waals surface area contributed by atoms with E-state index in [2.05, 4.69) is 5.32 Å². The third-order valence-electron chi connectivity index (χ3n) is 2.85. The second-order valence-corrected chi connectivity index (χ2v) is 4.27. The molecular weight excluding hydrogens is 280 g/mol. The van der Waals surface area contributed by atoms with Gasteiger partial charge >= 0.3 is 5.97 Å². The van der Waals surface area contributed by atoms with Crippen LogP contribution in [0.25, 0.3) is 0 Å². The molecule has 0 aromatic heterocycles. The van der Waals surface area contributed by atoms with E-state index in [4.69, 9.17) is 5.11 Å². The number of carboxylic acids is 1. The Morgan fingerprint density at radius 2 is 1.71 bits per heavy atom. The molecule has 0 spiro atoms. The number of rotatable bonds is 4. The van der Waals surface area contributed by atoms with E-state index in [0.717, 1.165) is 18.2 Å². The van der Waals surface area contributed by atoms with Gasteiger partial charge in [0, 0.05) is 12.1 Å². The lowest BCUT2D eigenvalue weighted by Crippen LogP contribution is -2.25. The van der Waals surface area contributed by atoms with Gasteiger partial charge in [-0.15, -0.1) is 0 Å². The molecule has 0 saturated heterocycles. The SMILES string of the molecule is O=C(O)c1ccccc1C(=O)NCc1cc(F)ccc1F. The molecule has 0 aliphatic carbocycles. The standard InChI is InChI=1S/C15H11F2NO3/c16-10-5-6-13(17)9(7-10)8-18-14(19)11-3-1-2-4-12(11)15(20)21/h1-7H,8H2,(H,18,19)(H,20,21). The number of carbonyl (C=O) groups excluding carboxylic acids is 1. The van der Waals surface area contributed by atoms with Gasteiger partial charge in [0.15, 0.2) is 0 Å². The number of benzene rings is 2. The van der Waals surface area contributed by atoms with Crippen LogP contribution >= 0.6 is 0 Å². The lowest BCUT2D eigenvalue weighted by Gasteiger charge is -2.08. The topological polar surface area (TPSA) is 66.4 Å². The molecule has 0 radical (unpaired) electrons. The zero-order valence-corrected chi connectivity index (χ0v) is 10.8. The number of aromatic carboxylic acids is 1. The van der Waals surface area contributed by atoms with E-state index >= 15 is 0 Å². The van der Waals surface area contributed by atoms with Crippen LogP contribution in [-0.4, -0.2) is 17.0 Å². The third-order valence-corrected chi connectivity index (χ3v) is 2.85. The Morgan fingerprint density at radius 1 is 1.05 bits per heavy atom. The second-order valence-electron chi connectivity index (χ2n) is 4.27. The molecule has 2 aromatic carbocycles. The molecule has 2 rings (SSSR count). The first-order chi connectivity index (χ1) is 9.99. The molecule has 0 fully saturated rings. The number of halogens is 2. The van der Waals surface area contributed by atoms with Gasteiger partial charge < -0.3 is 10.4 Å². The zero-order valence-electron chi connectivity index (χ0n) is 10.8. The summed E-state index contributed by atoms with van der Waals surface area (Å²) >= 11 is 0. The van der Waals surface area contributed by atoms with Crippen molar-refractivity contribution < 1.29 is 23.5 Å². The second kappa shape index (κ2) is 6.13. The Morgan fingerprint density at radius 3 is 2.38 bits per heavy atom. The van der Waals surface area contributed by atoms with Crippen molar-refractivity contribution in [3.8, 4) is 0 Å². The Hall–Kier alpha value is -2.76. The van der Waals surface area contributed by atoms with E-state index in [0.29, 0.717) is 0 Å². The van der Waals surface area contributed by atoms with Gasteiger partial charge in [-0.1, -0.05) is 12.1 Å². The fourth-order valence-electron chi connectivity index (χ4n) is 1.82. The van der Waals surface area contributed by atoms with Crippen molar-refractivity contribution in [2.75, 3.05) is 0 Å². The van der Waals surface area contributed by atoms with Crippen molar-refractivity contribution in [1.29, 1.82) is 0 Å². The van der Waals surface area contributed by atoms with E-state index in [9.17, 15) is 18.4 Å². The summed E-state index contributed by atoms with van der Waals surface area (Å²) < 4.78 is 26.4. The average Bonchev–Trinajstić information content (AvgIpc) is 2.47. The molecular formula is C15H11F2NO3. The van der Waals surface area contributed by atoms with Crippen LogP contribution in [0.15, 0.2) is 42.5 Å². The first-order valence-corrected chi connectivity index (χ1v) is 6.03. The smallest absolute Gasteiger partial charge is 0.336 e. The molecule has 2 N–H and O–H groups in total. The van der Waals surface area contributed by atoms with Crippen LogP contribution in [0.1, 0.15) is 26.3 Å². The minimum atomic E-state index is -1.24. The summed E-state index contributed by atoms with van der Waals surface area (Å²) in [4.78, 5) is 23.0. The predicted octanol–water partition coefficient (Wildman–Crippen LogP) is 2.59. The minimum Gasteiger partial charge on any atom is -0.478 e. The summed E-state index contributed by atoms with van der Waals surface area (Å²) in [6, 6.07) is 8.55. The van der Waals surface area contributed by atoms with Gasteiger partial charge in [0.2, 0.25) is 0 Å². The maximum absolute atomic E-state index is 13.4. The maximum Gasteiger partial charge on any atom is 0.336 e. The number of amides is 1. The Kier molecular flexibility index (Phi) is 4.27. The number of hydrogen-bond acceptors (Lipinski definition) is 2. The van der Waals surface area contributed by atoms with Gasteiger partial charge in [-0.05, 0) is 30.3 Å². The van der Waals surface area contributed by atoms with E-state index in [-0.39, 0.29) is 23.2 Å². The first-order valence-electron chi connectivity index (χ1n) is 6.03. The Bertz CT molecular complexity index is 701. The molecule has 0 aliphatic rings. The largest absolute Gasteiger partial charge is 0.478 e. The minimum absolute atomic E-state index is 0.0174. The van der Waals surface area contributed by atoms with Crippen LogP contribution in [-0.2, 0) is 6.54 Å². The van der Waals surface area contributed by atoms with E-state index in [1.807, 2.05) is 0 Å². The van der Waals surface area contributed by atoms with Gasteiger partial charge in [0.25, 0.3) is 5.91 Å². The highest BCUT2D eigenvalue weighted by Crippen LogP contribution is 2.11. The van der Waals surface area contributed by atoms with Crippen LogP contribution in [0.2, 0.25) is 0 Å². The van der Waals surface area contributed by atoms with Crippen LogP contribution in [0.3, 0.4) is 0 Å². The summed E-state index contributed by atoms with van der Waals surface area (Å²) in [7, 11) is 0. The molecule has 108 valence electrons. The summed E-state index contributed by atoms with van der Waals surface area (Å²) in [6.07, 6.45) is 0. The lowest BCUT2D eigenvalue weighted by atomic mass is 10.1. The predicted molar refractivity (Wildman–Crippen MR) is 70.9 cm³/mol. The van der Waals surface area contributed by atoms with Crippen molar-refractivity contribution in [1.82, 2.24) is 5.32 Å². The molecule has 21 heavy (non-hydrogen) atoms. The van der Waals surface area contributed by atoms with Crippen molar-refractivity contribution in [3.05, 3.63) is 70.8 Å². The fraction of sp³-hybridized carbons (Fsp3) is 0.0667.